The molecule has 0 amide bonds. The largest absolute Gasteiger partial charge is 0.478 e. The Morgan fingerprint density at radius 3 is 2.70 bits per heavy atom. The van der Waals surface area contributed by atoms with Gasteiger partial charge in [-0.1, -0.05) is 6.92 Å². The van der Waals surface area contributed by atoms with Crippen molar-refractivity contribution in [2.75, 3.05) is 12.8 Å². The second-order valence-electron chi connectivity index (χ2n) is 4.18. The minimum absolute atomic E-state index is 0.0464. The van der Waals surface area contributed by atoms with E-state index in [0.29, 0.717) is 22.7 Å². The molecule has 0 radical (unpaired) electrons. The summed E-state index contributed by atoms with van der Waals surface area (Å²) in [4.78, 5) is 10.9. The molecule has 20 heavy (non-hydrogen) atoms. The molecule has 0 saturated carbocycles. The number of aromatic carboxylic acids is 1. The van der Waals surface area contributed by atoms with Crippen LogP contribution in [0.15, 0.2) is 27.6 Å². The molecule has 0 heterocycles. The van der Waals surface area contributed by atoms with Crippen molar-refractivity contribution in [1.29, 1.82) is 0 Å². The minimum Gasteiger partial charge on any atom is -0.478 e. The fourth-order valence-corrected chi connectivity index (χ4v) is 3.28. The predicted octanol–water partition coefficient (Wildman–Crippen LogP) is 2.57. The standard InChI is InChI=1S/C12H16BrNO4S2/c1-8(19-2)5-6-14-20(17,18)9-3-4-11(13)10(7-9)12(15)16/h3-4,7-8,14H,5-6H2,1-2H3,(H,15,16). The Morgan fingerprint density at radius 1 is 1.50 bits per heavy atom. The van der Waals surface area contributed by atoms with Gasteiger partial charge in [-0.3, -0.25) is 0 Å². The quantitative estimate of drug-likeness (QED) is 0.757. The molecule has 1 aromatic rings. The van der Waals surface area contributed by atoms with Crippen molar-refractivity contribution in [1.82, 2.24) is 4.72 Å². The molecule has 2 N–H and O–H groups in total. The molecule has 0 aliphatic carbocycles. The molecule has 1 atom stereocenters. The van der Waals surface area contributed by atoms with Crippen molar-refractivity contribution in [3.8, 4) is 0 Å². The number of halogens is 1. The molecule has 0 aliphatic heterocycles. The SMILES string of the molecule is CSC(C)CCNS(=O)(=O)c1ccc(Br)c(C(=O)O)c1. The Morgan fingerprint density at radius 2 is 2.15 bits per heavy atom. The van der Waals surface area contributed by atoms with Crippen molar-refractivity contribution in [3.63, 3.8) is 0 Å². The highest BCUT2D eigenvalue weighted by atomic mass is 79.9. The number of sulfonamides is 1. The van der Waals surface area contributed by atoms with E-state index in [1.807, 2.05) is 13.2 Å². The van der Waals surface area contributed by atoms with Gasteiger partial charge in [0.15, 0.2) is 0 Å². The lowest BCUT2D eigenvalue weighted by Gasteiger charge is -2.10. The van der Waals surface area contributed by atoms with Gasteiger partial charge in [-0.05, 0) is 46.8 Å². The van der Waals surface area contributed by atoms with Crippen LogP contribution in [0.5, 0.6) is 0 Å². The number of rotatable bonds is 7. The molecule has 0 fully saturated rings. The average Bonchev–Trinajstić information content (AvgIpc) is 2.38. The van der Waals surface area contributed by atoms with Gasteiger partial charge in [-0.2, -0.15) is 11.8 Å². The number of carboxylic acids is 1. The van der Waals surface area contributed by atoms with Crippen LogP contribution in [-0.4, -0.2) is 37.5 Å². The van der Waals surface area contributed by atoms with Gasteiger partial charge in [0.05, 0.1) is 10.5 Å². The zero-order valence-corrected chi connectivity index (χ0v) is 14.3. The summed E-state index contributed by atoms with van der Waals surface area (Å²) in [5.41, 5.74) is -0.0784. The Bertz CT molecular complexity index is 589. The van der Waals surface area contributed by atoms with Crippen molar-refractivity contribution < 1.29 is 18.3 Å². The van der Waals surface area contributed by atoms with Crippen molar-refractivity contribution in [3.05, 3.63) is 28.2 Å². The average molecular weight is 382 g/mol. The lowest BCUT2D eigenvalue weighted by atomic mass is 10.2. The van der Waals surface area contributed by atoms with Gasteiger partial charge in [-0.15, -0.1) is 0 Å². The number of nitrogens with one attached hydrogen (secondary N) is 1. The molecule has 1 rings (SSSR count). The van der Waals surface area contributed by atoms with Crippen LogP contribution in [-0.2, 0) is 10.0 Å². The summed E-state index contributed by atoms with van der Waals surface area (Å²) >= 11 is 4.74. The van der Waals surface area contributed by atoms with Crippen LogP contribution in [0.2, 0.25) is 0 Å². The number of carbonyl (C=O) groups is 1. The number of thioether (sulfide) groups is 1. The molecule has 8 heteroatoms. The lowest BCUT2D eigenvalue weighted by Crippen LogP contribution is -2.26. The first kappa shape index (κ1) is 17.5. The molecule has 0 bridgehead atoms. The summed E-state index contributed by atoms with van der Waals surface area (Å²) < 4.78 is 26.9. The van der Waals surface area contributed by atoms with E-state index < -0.39 is 16.0 Å². The Hall–Kier alpha value is -0.570. The highest BCUT2D eigenvalue weighted by Gasteiger charge is 2.18. The highest BCUT2D eigenvalue weighted by Crippen LogP contribution is 2.21. The minimum atomic E-state index is -3.68. The molecular formula is C12H16BrNO4S2. The lowest BCUT2D eigenvalue weighted by molar-refractivity contribution is 0.0695. The third kappa shape index (κ3) is 4.76. The fraction of sp³-hybridized carbons (Fsp3) is 0.417. The molecule has 0 spiro atoms. The zero-order chi connectivity index (χ0) is 15.3. The number of hydrogen-bond acceptors (Lipinski definition) is 4. The van der Waals surface area contributed by atoms with E-state index in [4.69, 9.17) is 5.11 Å². The smallest absolute Gasteiger partial charge is 0.336 e. The maximum Gasteiger partial charge on any atom is 0.336 e. The first-order chi connectivity index (χ1) is 9.27. The van der Waals surface area contributed by atoms with Gasteiger partial charge in [0.25, 0.3) is 0 Å². The molecule has 0 aromatic heterocycles. The van der Waals surface area contributed by atoms with Crippen LogP contribution < -0.4 is 4.72 Å². The summed E-state index contributed by atoms with van der Waals surface area (Å²) in [6.45, 7) is 2.34. The number of hydrogen-bond donors (Lipinski definition) is 2. The summed E-state index contributed by atoms with van der Waals surface area (Å²) in [7, 11) is -3.68. The molecule has 1 aromatic carbocycles. The third-order valence-corrected chi connectivity index (χ3v) is 5.91. The van der Waals surface area contributed by atoms with Gasteiger partial charge in [-0.25, -0.2) is 17.9 Å². The maximum atomic E-state index is 12.1. The van der Waals surface area contributed by atoms with Crippen molar-refractivity contribution in [2.24, 2.45) is 0 Å². The summed E-state index contributed by atoms with van der Waals surface area (Å²) in [5, 5.41) is 9.35. The van der Waals surface area contributed by atoms with Crippen molar-refractivity contribution in [2.45, 2.75) is 23.5 Å². The van der Waals surface area contributed by atoms with Crippen LogP contribution in [0.3, 0.4) is 0 Å². The highest BCUT2D eigenvalue weighted by molar-refractivity contribution is 9.10. The van der Waals surface area contributed by atoms with E-state index >= 15 is 0 Å². The van der Waals surface area contributed by atoms with Gasteiger partial charge in [0, 0.05) is 16.3 Å². The molecular weight excluding hydrogens is 366 g/mol. The van der Waals surface area contributed by atoms with Gasteiger partial charge < -0.3 is 5.11 Å². The fourth-order valence-electron chi connectivity index (χ4n) is 1.43. The topological polar surface area (TPSA) is 83.5 Å². The first-order valence-electron chi connectivity index (χ1n) is 5.83. The normalized spacial score (nSPS) is 13.2. The molecule has 0 aliphatic rings. The Balaban J connectivity index is 2.88. The van der Waals surface area contributed by atoms with Crippen LogP contribution >= 0.6 is 27.7 Å². The van der Waals surface area contributed by atoms with Crippen molar-refractivity contribution >= 4 is 43.7 Å². The number of carboxylic acid groups (broad SMARTS) is 1. The summed E-state index contributed by atoms with van der Waals surface area (Å²) in [5.74, 6) is -1.18. The second kappa shape index (κ2) is 7.44. The molecule has 0 saturated heterocycles. The number of benzene rings is 1. The van der Waals surface area contributed by atoms with E-state index in [1.54, 1.807) is 11.8 Å². The molecule has 5 nitrogen and oxygen atoms in total. The predicted molar refractivity (Wildman–Crippen MR) is 83.9 cm³/mol. The van der Waals surface area contributed by atoms with E-state index in [0.717, 1.165) is 6.07 Å². The first-order valence-corrected chi connectivity index (χ1v) is 9.39. The molecule has 1 unspecified atom stereocenters. The summed E-state index contributed by atoms with van der Waals surface area (Å²) in [6, 6.07) is 3.94. The van der Waals surface area contributed by atoms with Crippen LogP contribution in [0, 0.1) is 0 Å². The molecule has 112 valence electrons. The monoisotopic (exact) mass is 381 g/mol. The van der Waals surface area contributed by atoms with Crippen LogP contribution in [0.4, 0.5) is 0 Å². The zero-order valence-electron chi connectivity index (χ0n) is 11.1. The van der Waals surface area contributed by atoms with E-state index in [2.05, 4.69) is 20.7 Å². The summed E-state index contributed by atoms with van der Waals surface area (Å²) in [6.07, 6.45) is 2.68. The maximum absolute atomic E-state index is 12.1. The second-order valence-corrected chi connectivity index (χ2v) is 8.08. The van der Waals surface area contributed by atoms with E-state index in [9.17, 15) is 13.2 Å². The Labute approximate surface area is 131 Å². The van der Waals surface area contributed by atoms with E-state index in [-0.39, 0.29) is 10.5 Å². The van der Waals surface area contributed by atoms with Gasteiger partial charge in [0.1, 0.15) is 0 Å². The van der Waals surface area contributed by atoms with Gasteiger partial charge >= 0.3 is 5.97 Å². The van der Waals surface area contributed by atoms with Crippen LogP contribution in [0.1, 0.15) is 23.7 Å². The van der Waals surface area contributed by atoms with Crippen LogP contribution in [0.25, 0.3) is 0 Å². The third-order valence-electron chi connectivity index (χ3n) is 2.72. The Kier molecular flexibility index (Phi) is 6.50. The van der Waals surface area contributed by atoms with E-state index in [1.165, 1.54) is 12.1 Å². The van der Waals surface area contributed by atoms with Gasteiger partial charge in [0.2, 0.25) is 10.0 Å².